The van der Waals surface area contributed by atoms with Crippen LogP contribution in [0.2, 0.25) is 10.0 Å². The van der Waals surface area contributed by atoms with Crippen LogP contribution in [0.15, 0.2) is 24.4 Å². The Morgan fingerprint density at radius 2 is 1.81 bits per heavy atom. The van der Waals surface area contributed by atoms with Crippen molar-refractivity contribution in [2.75, 3.05) is 18.0 Å². The summed E-state index contributed by atoms with van der Waals surface area (Å²) >= 11 is 12.4. The highest BCUT2D eigenvalue weighted by Crippen LogP contribution is 2.33. The molecule has 1 fully saturated rings. The molecule has 2 nitrogen and oxygen atoms in total. The van der Waals surface area contributed by atoms with Crippen molar-refractivity contribution in [3.8, 4) is 11.3 Å². The van der Waals surface area contributed by atoms with Crippen LogP contribution in [0.25, 0.3) is 11.3 Å². The van der Waals surface area contributed by atoms with E-state index in [-0.39, 0.29) is 5.82 Å². The summed E-state index contributed by atoms with van der Waals surface area (Å²) in [5.41, 5.74) is 2.50. The average molecular weight is 325 g/mol. The number of anilines is 1. The second kappa shape index (κ2) is 5.82. The Morgan fingerprint density at radius 1 is 1.10 bits per heavy atom. The average Bonchev–Trinajstić information content (AvgIpc) is 2.96. The van der Waals surface area contributed by atoms with Crippen LogP contribution in [0.1, 0.15) is 18.4 Å². The fourth-order valence-corrected chi connectivity index (χ4v) is 3.04. The summed E-state index contributed by atoms with van der Waals surface area (Å²) in [5, 5.41) is 1.12. The molecule has 0 amide bonds. The van der Waals surface area contributed by atoms with E-state index < -0.39 is 0 Å². The Bertz CT molecular complexity index is 682. The fourth-order valence-electron chi connectivity index (χ4n) is 2.60. The fraction of sp³-hybridized carbons (Fsp3) is 0.312. The Morgan fingerprint density at radius 3 is 2.48 bits per heavy atom. The Kier molecular flexibility index (Phi) is 4.05. The van der Waals surface area contributed by atoms with Crippen LogP contribution >= 0.6 is 23.2 Å². The molecule has 1 aromatic heterocycles. The van der Waals surface area contributed by atoms with Crippen molar-refractivity contribution in [3.63, 3.8) is 0 Å². The zero-order chi connectivity index (χ0) is 15.0. The molecule has 0 N–H and O–H groups in total. The molecule has 1 aliphatic rings. The first kappa shape index (κ1) is 14.6. The van der Waals surface area contributed by atoms with Gasteiger partial charge in [0.15, 0.2) is 0 Å². The molecule has 21 heavy (non-hydrogen) atoms. The van der Waals surface area contributed by atoms with Crippen LogP contribution in [0.5, 0.6) is 0 Å². The molecule has 0 aliphatic carbocycles. The predicted octanol–water partition coefficient (Wildman–Crippen LogP) is 5.10. The highest BCUT2D eigenvalue weighted by Gasteiger charge is 2.17. The van der Waals surface area contributed by atoms with Gasteiger partial charge in [0.1, 0.15) is 5.82 Å². The minimum Gasteiger partial charge on any atom is -0.369 e. The minimum absolute atomic E-state index is 0.339. The zero-order valence-electron chi connectivity index (χ0n) is 11.7. The molecule has 1 saturated heterocycles. The number of aromatic nitrogens is 1. The van der Waals surface area contributed by atoms with Crippen molar-refractivity contribution in [3.05, 3.63) is 45.8 Å². The molecule has 1 aromatic carbocycles. The van der Waals surface area contributed by atoms with Gasteiger partial charge in [-0.15, -0.1) is 0 Å². The summed E-state index contributed by atoms with van der Waals surface area (Å²) in [6.45, 7) is 3.75. The van der Waals surface area contributed by atoms with Crippen molar-refractivity contribution in [2.45, 2.75) is 19.8 Å². The molecule has 0 atom stereocenters. The smallest absolute Gasteiger partial charge is 0.132 e. The molecule has 110 valence electrons. The number of halogens is 3. The quantitative estimate of drug-likeness (QED) is 0.763. The van der Waals surface area contributed by atoms with Crippen LogP contribution in [-0.4, -0.2) is 18.1 Å². The van der Waals surface area contributed by atoms with Crippen LogP contribution in [-0.2, 0) is 0 Å². The summed E-state index contributed by atoms with van der Waals surface area (Å²) < 4.78 is 14.1. The third-order valence-corrected chi connectivity index (χ3v) is 4.52. The lowest BCUT2D eigenvalue weighted by molar-refractivity contribution is 0.629. The SMILES string of the molecule is Cc1cc(F)c(-c2cc(Cl)c(N3CCCC3)cn2)cc1Cl. The minimum atomic E-state index is -0.339. The molecule has 0 saturated carbocycles. The van der Waals surface area contributed by atoms with Gasteiger partial charge < -0.3 is 4.90 Å². The molecule has 5 heteroatoms. The molecule has 3 rings (SSSR count). The molecule has 0 spiro atoms. The third kappa shape index (κ3) is 2.85. The summed E-state index contributed by atoms with van der Waals surface area (Å²) in [6, 6.07) is 4.72. The number of hydrogen-bond donors (Lipinski definition) is 0. The zero-order valence-corrected chi connectivity index (χ0v) is 13.2. The van der Waals surface area contributed by atoms with E-state index in [9.17, 15) is 4.39 Å². The van der Waals surface area contributed by atoms with E-state index in [1.54, 1.807) is 25.3 Å². The Balaban J connectivity index is 2.00. The van der Waals surface area contributed by atoms with Crippen LogP contribution in [0.4, 0.5) is 10.1 Å². The molecule has 2 heterocycles. The van der Waals surface area contributed by atoms with Crippen molar-refractivity contribution in [2.24, 2.45) is 0 Å². The first-order valence-corrected chi connectivity index (χ1v) is 7.68. The van der Waals surface area contributed by atoms with E-state index in [4.69, 9.17) is 23.2 Å². The summed E-state index contributed by atoms with van der Waals surface area (Å²) in [7, 11) is 0. The number of pyridine rings is 1. The predicted molar refractivity (Wildman–Crippen MR) is 85.8 cm³/mol. The topological polar surface area (TPSA) is 16.1 Å². The molecular weight excluding hydrogens is 310 g/mol. The molecule has 0 radical (unpaired) electrons. The number of nitrogens with zero attached hydrogens (tertiary/aromatic N) is 2. The van der Waals surface area contributed by atoms with E-state index in [0.717, 1.165) is 18.8 Å². The van der Waals surface area contributed by atoms with Crippen molar-refractivity contribution in [1.82, 2.24) is 4.98 Å². The van der Waals surface area contributed by atoms with E-state index in [0.29, 0.717) is 26.9 Å². The maximum atomic E-state index is 14.1. The van der Waals surface area contributed by atoms with E-state index in [2.05, 4.69) is 9.88 Å². The van der Waals surface area contributed by atoms with Crippen LogP contribution in [0, 0.1) is 12.7 Å². The van der Waals surface area contributed by atoms with E-state index >= 15 is 0 Å². The molecule has 2 aromatic rings. The summed E-state index contributed by atoms with van der Waals surface area (Å²) in [4.78, 5) is 6.57. The van der Waals surface area contributed by atoms with Gasteiger partial charge in [0, 0.05) is 23.7 Å². The van der Waals surface area contributed by atoms with Gasteiger partial charge in [-0.2, -0.15) is 0 Å². The van der Waals surface area contributed by atoms with Gasteiger partial charge >= 0.3 is 0 Å². The lowest BCUT2D eigenvalue weighted by Crippen LogP contribution is -2.18. The number of aryl methyl sites for hydroxylation is 1. The van der Waals surface area contributed by atoms with Gasteiger partial charge in [0.05, 0.1) is 22.6 Å². The number of rotatable bonds is 2. The molecule has 0 bridgehead atoms. The lowest BCUT2D eigenvalue weighted by Gasteiger charge is -2.19. The van der Waals surface area contributed by atoms with E-state index in [1.165, 1.54) is 18.9 Å². The molecule has 0 unspecified atom stereocenters. The second-order valence-corrected chi connectivity index (χ2v) is 6.11. The number of benzene rings is 1. The first-order chi connectivity index (χ1) is 10.1. The first-order valence-electron chi connectivity index (χ1n) is 6.93. The van der Waals surface area contributed by atoms with Crippen molar-refractivity contribution in [1.29, 1.82) is 0 Å². The van der Waals surface area contributed by atoms with Crippen LogP contribution < -0.4 is 4.90 Å². The summed E-state index contributed by atoms with van der Waals surface area (Å²) in [5.74, 6) is -0.339. The van der Waals surface area contributed by atoms with Crippen LogP contribution in [0.3, 0.4) is 0 Å². The highest BCUT2D eigenvalue weighted by atomic mass is 35.5. The maximum Gasteiger partial charge on any atom is 0.132 e. The highest BCUT2D eigenvalue weighted by molar-refractivity contribution is 6.33. The van der Waals surface area contributed by atoms with Gasteiger partial charge in [0.25, 0.3) is 0 Å². The molecular formula is C16H15Cl2FN2. The second-order valence-electron chi connectivity index (χ2n) is 5.30. The van der Waals surface area contributed by atoms with Gasteiger partial charge in [-0.05, 0) is 43.5 Å². The third-order valence-electron chi connectivity index (χ3n) is 3.81. The monoisotopic (exact) mass is 324 g/mol. The summed E-state index contributed by atoms with van der Waals surface area (Å²) in [6.07, 6.45) is 4.05. The lowest BCUT2D eigenvalue weighted by atomic mass is 10.1. The van der Waals surface area contributed by atoms with Crippen molar-refractivity contribution < 1.29 is 4.39 Å². The van der Waals surface area contributed by atoms with Crippen molar-refractivity contribution >= 4 is 28.9 Å². The van der Waals surface area contributed by atoms with Gasteiger partial charge in [-0.1, -0.05) is 23.2 Å². The maximum absolute atomic E-state index is 14.1. The van der Waals surface area contributed by atoms with Gasteiger partial charge in [0.2, 0.25) is 0 Å². The normalized spacial score (nSPS) is 14.8. The van der Waals surface area contributed by atoms with Gasteiger partial charge in [-0.25, -0.2) is 4.39 Å². The standard InChI is InChI=1S/C16H15Cl2FN2/c1-10-6-14(19)11(7-12(10)17)15-8-13(18)16(9-20-15)21-4-2-3-5-21/h6-9H,2-5H2,1H3. The number of hydrogen-bond acceptors (Lipinski definition) is 2. The Hall–Kier alpha value is -1.32. The van der Waals surface area contributed by atoms with E-state index in [1.807, 2.05) is 0 Å². The molecule has 1 aliphatic heterocycles. The Labute approximate surface area is 133 Å². The largest absolute Gasteiger partial charge is 0.369 e. The van der Waals surface area contributed by atoms with Gasteiger partial charge in [-0.3, -0.25) is 4.98 Å².